The van der Waals surface area contributed by atoms with E-state index in [-0.39, 0.29) is 36.3 Å². The minimum absolute atomic E-state index is 0.0915. The Bertz CT molecular complexity index is 736. The first kappa shape index (κ1) is 22.6. The molecule has 0 aliphatic rings. The maximum atomic E-state index is 13.3. The zero-order chi connectivity index (χ0) is 21.4. The molecule has 2 aromatic rings. The number of nitrogens with one attached hydrogen (secondary N) is 2. The van der Waals surface area contributed by atoms with Crippen LogP contribution < -0.4 is 10.6 Å². The quantitative estimate of drug-likeness (QED) is 0.609. The molecular weight excluding hydrogens is 364 g/mol. The second-order valence-electron chi connectivity index (χ2n) is 8.03. The maximum absolute atomic E-state index is 13.3. The number of hydrogen-bond acceptors (Lipinski definition) is 3. The van der Waals surface area contributed by atoms with Gasteiger partial charge in [0.15, 0.2) is 0 Å². The van der Waals surface area contributed by atoms with Crippen LogP contribution in [0.4, 0.5) is 0 Å². The summed E-state index contributed by atoms with van der Waals surface area (Å²) in [6.45, 7) is 7.52. The normalized spacial score (nSPS) is 13.4. The fourth-order valence-corrected chi connectivity index (χ4v) is 3.25. The fraction of sp³-hybridized carbons (Fsp3) is 0.417. The van der Waals surface area contributed by atoms with Crippen molar-refractivity contribution in [2.45, 2.75) is 45.7 Å². The van der Waals surface area contributed by atoms with Gasteiger partial charge in [-0.3, -0.25) is 9.59 Å². The highest BCUT2D eigenvalue weighted by Crippen LogP contribution is 2.25. The third kappa shape index (κ3) is 6.16. The Kier molecular flexibility index (Phi) is 8.40. The van der Waals surface area contributed by atoms with E-state index in [1.54, 1.807) is 0 Å². The molecule has 0 unspecified atom stereocenters. The van der Waals surface area contributed by atoms with Crippen LogP contribution in [0.3, 0.4) is 0 Å². The summed E-state index contributed by atoms with van der Waals surface area (Å²) in [6.07, 6.45) is 0. The predicted octanol–water partition coefficient (Wildman–Crippen LogP) is 3.09. The van der Waals surface area contributed by atoms with Crippen molar-refractivity contribution in [3.63, 3.8) is 0 Å². The molecule has 0 aliphatic carbocycles. The topological polar surface area (TPSA) is 78.4 Å². The van der Waals surface area contributed by atoms with Crippen LogP contribution in [0.1, 0.15) is 44.7 Å². The molecule has 0 radical (unpaired) electrons. The van der Waals surface area contributed by atoms with Gasteiger partial charge in [0.2, 0.25) is 11.8 Å². The summed E-state index contributed by atoms with van der Waals surface area (Å²) >= 11 is 0. The summed E-state index contributed by atoms with van der Waals surface area (Å²) in [4.78, 5) is 26.2. The van der Waals surface area contributed by atoms with Crippen LogP contribution in [-0.2, 0) is 9.59 Å². The molecule has 2 amide bonds. The van der Waals surface area contributed by atoms with E-state index in [0.29, 0.717) is 0 Å². The van der Waals surface area contributed by atoms with Crippen molar-refractivity contribution in [3.8, 4) is 0 Å². The summed E-state index contributed by atoms with van der Waals surface area (Å²) in [7, 11) is 0. The van der Waals surface area contributed by atoms with E-state index in [1.807, 2.05) is 88.4 Å². The molecule has 0 saturated carbocycles. The number of aliphatic hydroxyl groups is 1. The molecule has 0 heterocycles. The van der Waals surface area contributed by atoms with Crippen LogP contribution in [0.2, 0.25) is 0 Å². The Hall–Kier alpha value is -2.66. The Morgan fingerprint density at radius 3 is 1.62 bits per heavy atom. The minimum Gasteiger partial charge on any atom is -0.394 e. The number of carbonyl (C=O) groups is 2. The predicted molar refractivity (Wildman–Crippen MR) is 115 cm³/mol. The SMILES string of the molecule is CC(C)[C@H](CO)NC(=O)[C@H](NC(=O)C(c1ccccc1)c1ccccc1)C(C)C. The number of rotatable bonds is 9. The van der Waals surface area contributed by atoms with Gasteiger partial charge in [0.1, 0.15) is 6.04 Å². The van der Waals surface area contributed by atoms with Crippen molar-refractivity contribution in [2.24, 2.45) is 11.8 Å². The van der Waals surface area contributed by atoms with Crippen molar-refractivity contribution in [3.05, 3.63) is 71.8 Å². The van der Waals surface area contributed by atoms with Crippen molar-refractivity contribution in [2.75, 3.05) is 6.61 Å². The summed E-state index contributed by atoms with van der Waals surface area (Å²) in [5, 5.41) is 15.3. The van der Waals surface area contributed by atoms with Gasteiger partial charge in [0, 0.05) is 0 Å². The minimum atomic E-state index is -0.690. The zero-order valence-corrected chi connectivity index (χ0v) is 17.6. The lowest BCUT2D eigenvalue weighted by molar-refractivity contribution is -0.131. The summed E-state index contributed by atoms with van der Waals surface area (Å²) in [6, 6.07) is 18.1. The van der Waals surface area contributed by atoms with Crippen molar-refractivity contribution < 1.29 is 14.7 Å². The van der Waals surface area contributed by atoms with Crippen LogP contribution in [0, 0.1) is 11.8 Å². The van der Waals surface area contributed by atoms with Crippen molar-refractivity contribution in [1.29, 1.82) is 0 Å². The monoisotopic (exact) mass is 396 g/mol. The number of amides is 2. The molecule has 0 aliphatic heterocycles. The van der Waals surface area contributed by atoms with Gasteiger partial charge >= 0.3 is 0 Å². The lowest BCUT2D eigenvalue weighted by Crippen LogP contribution is -2.54. The molecule has 5 heteroatoms. The van der Waals surface area contributed by atoms with Crippen LogP contribution >= 0.6 is 0 Å². The molecule has 0 fully saturated rings. The number of carbonyl (C=O) groups excluding carboxylic acids is 2. The largest absolute Gasteiger partial charge is 0.394 e. The van der Waals surface area contributed by atoms with E-state index in [4.69, 9.17) is 0 Å². The molecule has 0 aromatic heterocycles. The van der Waals surface area contributed by atoms with Gasteiger partial charge in [-0.15, -0.1) is 0 Å². The molecule has 0 saturated heterocycles. The third-order valence-corrected chi connectivity index (χ3v) is 5.10. The molecule has 2 atom stereocenters. The van der Waals surface area contributed by atoms with E-state index in [9.17, 15) is 14.7 Å². The van der Waals surface area contributed by atoms with E-state index >= 15 is 0 Å². The van der Waals surface area contributed by atoms with Crippen LogP contribution in [0.15, 0.2) is 60.7 Å². The standard InChI is InChI=1S/C24H32N2O3/c1-16(2)20(15-27)25-24(29)22(17(3)4)26-23(28)21(18-11-7-5-8-12-18)19-13-9-6-10-14-19/h5-14,16-17,20-22,27H,15H2,1-4H3,(H,25,29)(H,26,28)/t20-,22+/m0/s1. The van der Waals surface area contributed by atoms with Gasteiger partial charge in [0.25, 0.3) is 0 Å². The molecule has 0 spiro atoms. The number of aliphatic hydroxyl groups excluding tert-OH is 1. The number of benzene rings is 2. The van der Waals surface area contributed by atoms with Crippen molar-refractivity contribution >= 4 is 11.8 Å². The first-order chi connectivity index (χ1) is 13.8. The molecule has 29 heavy (non-hydrogen) atoms. The molecule has 2 rings (SSSR count). The van der Waals surface area contributed by atoms with Crippen LogP contribution in [0.25, 0.3) is 0 Å². The highest BCUT2D eigenvalue weighted by molar-refractivity contribution is 5.92. The fourth-order valence-electron chi connectivity index (χ4n) is 3.25. The lowest BCUT2D eigenvalue weighted by Gasteiger charge is -2.28. The van der Waals surface area contributed by atoms with Crippen molar-refractivity contribution in [1.82, 2.24) is 10.6 Å². The smallest absolute Gasteiger partial charge is 0.243 e. The molecular formula is C24H32N2O3. The molecule has 5 nitrogen and oxygen atoms in total. The highest BCUT2D eigenvalue weighted by Gasteiger charge is 2.30. The van der Waals surface area contributed by atoms with E-state index in [0.717, 1.165) is 11.1 Å². The molecule has 2 aromatic carbocycles. The first-order valence-electron chi connectivity index (χ1n) is 10.2. The Morgan fingerprint density at radius 2 is 1.24 bits per heavy atom. The second kappa shape index (κ2) is 10.8. The summed E-state index contributed by atoms with van der Waals surface area (Å²) in [5.74, 6) is -1.01. The third-order valence-electron chi connectivity index (χ3n) is 5.10. The average molecular weight is 397 g/mol. The van der Waals surface area contributed by atoms with Gasteiger partial charge < -0.3 is 15.7 Å². The van der Waals surface area contributed by atoms with Crippen LogP contribution in [0.5, 0.6) is 0 Å². The molecule has 0 bridgehead atoms. The lowest BCUT2D eigenvalue weighted by atomic mass is 9.89. The van der Waals surface area contributed by atoms with E-state index < -0.39 is 12.0 Å². The number of hydrogen-bond donors (Lipinski definition) is 3. The summed E-state index contributed by atoms with van der Waals surface area (Å²) < 4.78 is 0. The van der Waals surface area contributed by atoms with E-state index in [2.05, 4.69) is 10.6 Å². The average Bonchev–Trinajstić information content (AvgIpc) is 2.71. The van der Waals surface area contributed by atoms with E-state index in [1.165, 1.54) is 0 Å². The molecule has 3 N–H and O–H groups in total. The van der Waals surface area contributed by atoms with Gasteiger partial charge in [-0.05, 0) is 23.0 Å². The Morgan fingerprint density at radius 1 is 0.759 bits per heavy atom. The second-order valence-corrected chi connectivity index (χ2v) is 8.03. The van der Waals surface area contributed by atoms with Crippen LogP contribution in [-0.4, -0.2) is 35.6 Å². The first-order valence-corrected chi connectivity index (χ1v) is 10.2. The van der Waals surface area contributed by atoms with Gasteiger partial charge in [0.05, 0.1) is 18.6 Å². The van der Waals surface area contributed by atoms with Gasteiger partial charge in [-0.2, -0.15) is 0 Å². The highest BCUT2D eigenvalue weighted by atomic mass is 16.3. The Balaban J connectivity index is 2.26. The van der Waals surface area contributed by atoms with Gasteiger partial charge in [-0.25, -0.2) is 0 Å². The summed E-state index contributed by atoms with van der Waals surface area (Å²) in [5.41, 5.74) is 1.74. The Labute approximate surface area is 173 Å². The maximum Gasteiger partial charge on any atom is 0.243 e. The molecule has 156 valence electrons. The zero-order valence-electron chi connectivity index (χ0n) is 17.6. The van der Waals surface area contributed by atoms with Gasteiger partial charge in [-0.1, -0.05) is 88.4 Å².